The molecule has 1 heterocycles. The van der Waals surface area contributed by atoms with Crippen LogP contribution in [0.15, 0.2) is 0 Å². The molecule has 0 saturated carbocycles. The predicted octanol–water partition coefficient (Wildman–Crippen LogP) is 1.67. The molecule has 1 aliphatic rings. The summed E-state index contributed by atoms with van der Waals surface area (Å²) in [5.41, 5.74) is 0. The summed E-state index contributed by atoms with van der Waals surface area (Å²) in [5.74, 6) is -0.744. The van der Waals surface area contributed by atoms with Crippen molar-refractivity contribution in [2.75, 3.05) is 0 Å². The molecule has 1 unspecified atom stereocenters. The van der Waals surface area contributed by atoms with Crippen molar-refractivity contribution in [3.05, 3.63) is 0 Å². The topological polar surface area (TPSA) is 96.2 Å². The number of carbonyl (C=O) groups is 1. The van der Waals surface area contributed by atoms with Crippen LogP contribution in [-0.4, -0.2) is 52.0 Å². The zero-order valence-electron chi connectivity index (χ0n) is 12.9. The van der Waals surface area contributed by atoms with Gasteiger partial charge in [-0.1, -0.05) is 19.3 Å². The highest BCUT2D eigenvalue weighted by atomic mass is 16.7. The number of ether oxygens (including phenoxy) is 2. The molecule has 1 fully saturated rings. The van der Waals surface area contributed by atoms with Crippen molar-refractivity contribution >= 4 is 5.97 Å². The number of hydrogen-bond acceptors (Lipinski definition) is 5. The van der Waals surface area contributed by atoms with Crippen molar-refractivity contribution in [3.8, 4) is 0 Å². The monoisotopic (exact) mass is 304 g/mol. The first kappa shape index (κ1) is 18.4. The molecule has 6 heteroatoms. The third-order valence-electron chi connectivity index (χ3n) is 3.81. The summed E-state index contributed by atoms with van der Waals surface area (Å²) >= 11 is 0. The molecule has 3 N–H and O–H groups in total. The summed E-state index contributed by atoms with van der Waals surface area (Å²) in [7, 11) is 0. The zero-order valence-corrected chi connectivity index (χ0v) is 12.9. The van der Waals surface area contributed by atoms with E-state index in [2.05, 4.69) is 0 Å². The van der Waals surface area contributed by atoms with E-state index >= 15 is 0 Å². The molecule has 0 aliphatic carbocycles. The maximum Gasteiger partial charge on any atom is 0.303 e. The van der Waals surface area contributed by atoms with Gasteiger partial charge in [0.1, 0.15) is 6.10 Å². The summed E-state index contributed by atoms with van der Waals surface area (Å²) in [4.78, 5) is 10.4. The molecule has 0 radical (unpaired) electrons. The quantitative estimate of drug-likeness (QED) is 0.561. The maximum atomic E-state index is 10.4. The number of carboxylic acid groups (broad SMARTS) is 1. The van der Waals surface area contributed by atoms with Gasteiger partial charge in [0.25, 0.3) is 0 Å². The van der Waals surface area contributed by atoms with Crippen molar-refractivity contribution in [2.24, 2.45) is 0 Å². The Morgan fingerprint density at radius 2 is 1.90 bits per heavy atom. The first-order valence-corrected chi connectivity index (χ1v) is 7.79. The van der Waals surface area contributed by atoms with Crippen LogP contribution < -0.4 is 0 Å². The smallest absolute Gasteiger partial charge is 0.303 e. The van der Waals surface area contributed by atoms with E-state index in [1.807, 2.05) is 6.92 Å². The van der Waals surface area contributed by atoms with E-state index in [-0.39, 0.29) is 25.0 Å². The average Bonchev–Trinajstić information content (AvgIpc) is 2.39. The van der Waals surface area contributed by atoms with Gasteiger partial charge in [0.15, 0.2) is 6.29 Å². The number of aliphatic hydroxyl groups excluding tert-OH is 2. The van der Waals surface area contributed by atoms with E-state index in [0.29, 0.717) is 6.42 Å². The Morgan fingerprint density at radius 1 is 1.24 bits per heavy atom. The minimum Gasteiger partial charge on any atom is -0.481 e. The van der Waals surface area contributed by atoms with E-state index < -0.39 is 24.5 Å². The SMILES string of the molecule is CC1O[C@@H](O[C@H](C)CCCCCCC(=O)O)[C@@H](O)C[C@H]1O. The molecule has 21 heavy (non-hydrogen) atoms. The molecule has 0 amide bonds. The Kier molecular flexibility index (Phi) is 8.18. The molecule has 0 aromatic carbocycles. The Hall–Kier alpha value is -0.690. The van der Waals surface area contributed by atoms with Crippen LogP contribution in [0, 0.1) is 0 Å². The maximum absolute atomic E-state index is 10.4. The third-order valence-corrected chi connectivity index (χ3v) is 3.81. The lowest BCUT2D eigenvalue weighted by molar-refractivity contribution is -0.273. The molecule has 1 rings (SSSR count). The summed E-state index contributed by atoms with van der Waals surface area (Å²) in [5, 5.41) is 27.9. The van der Waals surface area contributed by atoms with Crippen LogP contribution in [0.4, 0.5) is 0 Å². The van der Waals surface area contributed by atoms with Gasteiger partial charge >= 0.3 is 5.97 Å². The number of carboxylic acids is 1. The second-order valence-corrected chi connectivity index (χ2v) is 5.87. The molecular weight excluding hydrogens is 276 g/mol. The molecule has 124 valence electrons. The van der Waals surface area contributed by atoms with Crippen LogP contribution in [-0.2, 0) is 14.3 Å². The molecule has 6 nitrogen and oxygen atoms in total. The average molecular weight is 304 g/mol. The second-order valence-electron chi connectivity index (χ2n) is 5.87. The first-order chi connectivity index (χ1) is 9.90. The molecule has 0 spiro atoms. The van der Waals surface area contributed by atoms with Crippen molar-refractivity contribution in [2.45, 2.75) is 89.5 Å². The van der Waals surface area contributed by atoms with Gasteiger partial charge in [-0.3, -0.25) is 4.79 Å². The van der Waals surface area contributed by atoms with E-state index in [1.165, 1.54) is 0 Å². The molecule has 0 aromatic heterocycles. The fraction of sp³-hybridized carbons (Fsp3) is 0.933. The van der Waals surface area contributed by atoms with E-state index in [0.717, 1.165) is 25.7 Å². The number of aliphatic hydroxyl groups is 2. The molecule has 5 atom stereocenters. The number of rotatable bonds is 9. The number of hydrogen-bond donors (Lipinski definition) is 3. The minimum absolute atomic E-state index is 0.0356. The molecule has 1 saturated heterocycles. The van der Waals surface area contributed by atoms with Crippen molar-refractivity contribution in [1.82, 2.24) is 0 Å². The van der Waals surface area contributed by atoms with Crippen molar-refractivity contribution in [1.29, 1.82) is 0 Å². The lowest BCUT2D eigenvalue weighted by Crippen LogP contribution is -2.48. The van der Waals surface area contributed by atoms with Crippen molar-refractivity contribution in [3.63, 3.8) is 0 Å². The van der Waals surface area contributed by atoms with E-state index in [1.54, 1.807) is 6.92 Å². The summed E-state index contributed by atoms with van der Waals surface area (Å²) in [6, 6.07) is 0. The van der Waals surface area contributed by atoms with Gasteiger partial charge in [-0.2, -0.15) is 0 Å². The van der Waals surface area contributed by atoms with Gasteiger partial charge in [0.05, 0.1) is 18.3 Å². The van der Waals surface area contributed by atoms with Gasteiger partial charge in [0.2, 0.25) is 0 Å². The Labute approximate surface area is 126 Å². The fourth-order valence-electron chi connectivity index (χ4n) is 2.42. The number of unbranched alkanes of at least 4 members (excludes halogenated alkanes) is 3. The van der Waals surface area contributed by atoms with Crippen molar-refractivity contribution < 1.29 is 29.6 Å². The van der Waals surface area contributed by atoms with Crippen LogP contribution in [0.1, 0.15) is 58.8 Å². The van der Waals surface area contributed by atoms with Gasteiger partial charge in [-0.05, 0) is 26.7 Å². The van der Waals surface area contributed by atoms with Gasteiger partial charge < -0.3 is 24.8 Å². The van der Waals surface area contributed by atoms with Crippen LogP contribution in [0.3, 0.4) is 0 Å². The highest BCUT2D eigenvalue weighted by molar-refractivity contribution is 5.66. The van der Waals surface area contributed by atoms with Crippen LogP contribution in [0.25, 0.3) is 0 Å². The summed E-state index contributed by atoms with van der Waals surface area (Å²) in [6.45, 7) is 3.70. The minimum atomic E-state index is -0.797. The largest absolute Gasteiger partial charge is 0.481 e. The summed E-state index contributed by atoms with van der Waals surface area (Å²) < 4.78 is 11.2. The lowest BCUT2D eigenvalue weighted by atomic mass is 10.0. The second kappa shape index (κ2) is 9.35. The van der Waals surface area contributed by atoms with Gasteiger partial charge in [-0.15, -0.1) is 0 Å². The Bertz CT molecular complexity index is 309. The molecule has 1 aliphatic heterocycles. The van der Waals surface area contributed by atoms with Crippen LogP contribution >= 0.6 is 0 Å². The standard InChI is InChI=1S/C15H28O6/c1-10(7-5-3-4-6-8-14(18)19)20-15-13(17)9-12(16)11(2)21-15/h10-13,15-17H,3-9H2,1-2H3,(H,18,19)/t10-,11?,12-,13+,15-/m1/s1. The van der Waals surface area contributed by atoms with E-state index in [4.69, 9.17) is 14.6 Å². The highest BCUT2D eigenvalue weighted by Crippen LogP contribution is 2.23. The molecule has 0 aromatic rings. The molecule has 0 bridgehead atoms. The third kappa shape index (κ3) is 7.22. The zero-order chi connectivity index (χ0) is 15.8. The van der Waals surface area contributed by atoms with Gasteiger partial charge in [-0.25, -0.2) is 0 Å². The first-order valence-electron chi connectivity index (χ1n) is 7.79. The summed E-state index contributed by atoms with van der Waals surface area (Å²) in [6.07, 6.45) is 2.41. The highest BCUT2D eigenvalue weighted by Gasteiger charge is 2.35. The van der Waals surface area contributed by atoms with Gasteiger partial charge in [0, 0.05) is 12.8 Å². The molecular formula is C15H28O6. The van der Waals surface area contributed by atoms with Crippen LogP contribution in [0.5, 0.6) is 0 Å². The van der Waals surface area contributed by atoms with Crippen LogP contribution in [0.2, 0.25) is 0 Å². The predicted molar refractivity (Wildman–Crippen MR) is 76.9 cm³/mol. The fourth-order valence-corrected chi connectivity index (χ4v) is 2.42. The van der Waals surface area contributed by atoms with E-state index in [9.17, 15) is 15.0 Å². The Morgan fingerprint density at radius 3 is 2.57 bits per heavy atom. The lowest BCUT2D eigenvalue weighted by Gasteiger charge is -2.36. The number of aliphatic carboxylic acids is 1. The Balaban J connectivity index is 2.12. The normalized spacial score (nSPS) is 31.0.